The van der Waals surface area contributed by atoms with E-state index in [0.717, 1.165) is 47.9 Å². The van der Waals surface area contributed by atoms with Gasteiger partial charge < -0.3 is 14.6 Å². The highest BCUT2D eigenvalue weighted by Crippen LogP contribution is 2.41. The lowest BCUT2D eigenvalue weighted by Crippen LogP contribution is -2.20. The van der Waals surface area contributed by atoms with Crippen LogP contribution in [0.4, 0.5) is 27.6 Å². The molecular weight excluding hydrogens is 576 g/mol. The molecule has 5 rings (SSSR count). The summed E-state index contributed by atoms with van der Waals surface area (Å²) in [7, 11) is -2.59. The maximum atomic E-state index is 14.9. The molecule has 1 amide bonds. The summed E-state index contributed by atoms with van der Waals surface area (Å²) >= 11 is 1.16. The lowest BCUT2D eigenvalue weighted by molar-refractivity contribution is -0.143. The molecule has 0 aliphatic carbocycles. The number of amides is 1. The van der Waals surface area contributed by atoms with E-state index in [1.54, 1.807) is 19.4 Å². The number of thiophene rings is 1. The highest BCUT2D eigenvalue weighted by Gasteiger charge is 2.40. The van der Waals surface area contributed by atoms with Crippen molar-refractivity contribution in [3.8, 4) is 17.3 Å². The van der Waals surface area contributed by atoms with Crippen LogP contribution in [-0.2, 0) is 10.7 Å². The quantitative estimate of drug-likeness (QED) is 0.179. The maximum Gasteiger partial charge on any atom is 0.434 e. The number of hydrogen-bond donors (Lipinski definition) is 1. The number of nitrogens with zero attached hydrogens (tertiary/aromatic N) is 4. The van der Waals surface area contributed by atoms with Crippen LogP contribution in [0.2, 0.25) is 0 Å². The van der Waals surface area contributed by atoms with Gasteiger partial charge in [-0.25, -0.2) is 23.4 Å². The molecule has 0 saturated carbocycles. The fourth-order valence-corrected chi connectivity index (χ4v) is 6.05. The van der Waals surface area contributed by atoms with Crippen LogP contribution < -0.4 is 14.7 Å². The molecule has 40 heavy (non-hydrogen) atoms. The van der Waals surface area contributed by atoms with Gasteiger partial charge in [0.1, 0.15) is 24.0 Å². The fraction of sp³-hybridized carbons (Fsp3) is 0.120. The Hall–Kier alpha value is -4.16. The third-order valence-corrected chi connectivity index (χ3v) is 9.24. The minimum atomic E-state index is -4.99. The van der Waals surface area contributed by atoms with E-state index in [2.05, 4.69) is 20.4 Å². The van der Waals surface area contributed by atoms with Gasteiger partial charge in [0.25, 0.3) is 5.91 Å². The number of carbonyl (C=O) groups excluding carboxylic acids is 1. The van der Waals surface area contributed by atoms with Crippen molar-refractivity contribution in [2.45, 2.75) is 6.18 Å². The molecule has 3 aromatic heterocycles. The zero-order valence-corrected chi connectivity index (χ0v) is 22.2. The van der Waals surface area contributed by atoms with Crippen molar-refractivity contribution in [1.82, 2.24) is 19.7 Å². The summed E-state index contributed by atoms with van der Waals surface area (Å²) in [6.07, 6.45) is -3.06. The summed E-state index contributed by atoms with van der Waals surface area (Å²) in [6, 6.07) is 9.01. The molecule has 0 unspecified atom stereocenters. The number of alkyl halides is 3. The molecule has 2 aromatic carbocycles. The monoisotopic (exact) mass is 593 g/mol. The number of fused-ring (bicyclic) bond motifs is 1. The van der Waals surface area contributed by atoms with Crippen molar-refractivity contribution in [3.63, 3.8) is 0 Å². The molecule has 0 spiro atoms. The predicted octanol–water partition coefficient (Wildman–Crippen LogP) is 6.47. The number of hydrogen-bond acceptors (Lipinski definition) is 7. The van der Waals surface area contributed by atoms with Crippen molar-refractivity contribution < 1.29 is 36.0 Å². The van der Waals surface area contributed by atoms with E-state index < -0.39 is 42.1 Å². The van der Waals surface area contributed by atoms with Gasteiger partial charge in [-0.1, -0.05) is 0 Å². The Bertz CT molecular complexity index is 1800. The van der Waals surface area contributed by atoms with Gasteiger partial charge in [-0.15, -0.1) is 11.3 Å². The summed E-state index contributed by atoms with van der Waals surface area (Å²) in [5.74, 6) is -3.04. The molecule has 8 nitrogen and oxygen atoms in total. The van der Waals surface area contributed by atoms with E-state index >= 15 is 0 Å². The average Bonchev–Trinajstić information content (AvgIpc) is 3.52. The third-order valence-electron chi connectivity index (χ3n) is 5.55. The Balaban J connectivity index is 1.40. The second kappa shape index (κ2) is 10.1. The molecule has 3 heterocycles. The summed E-state index contributed by atoms with van der Waals surface area (Å²) in [5.41, 5.74) is -2.00. The standard InChI is InChI=1S/C25H17F5N5O3PS/c1-39(2,37)20-10-18-21(40-20)24(32-12-31-18)38-19-8-5-14(9-17(19)27)34-23(36)16-11-33-35(22(16)25(28,29)30)15-6-3-13(26)4-7-15/h3-12H,1-2H3,(H,34,36). The number of carbonyl (C=O) groups is 1. The van der Waals surface area contributed by atoms with Crippen LogP contribution in [0.5, 0.6) is 11.6 Å². The van der Waals surface area contributed by atoms with Crippen LogP contribution in [0.15, 0.2) is 61.1 Å². The largest absolute Gasteiger partial charge is 0.434 e. The maximum absolute atomic E-state index is 14.9. The summed E-state index contributed by atoms with van der Waals surface area (Å²) in [4.78, 5) is 20.9. The van der Waals surface area contributed by atoms with Crippen molar-refractivity contribution in [1.29, 1.82) is 0 Å². The van der Waals surface area contributed by atoms with Gasteiger partial charge in [-0.05, 0) is 55.8 Å². The first-order chi connectivity index (χ1) is 18.8. The second-order valence-corrected chi connectivity index (χ2v) is 13.4. The number of rotatable bonds is 6. The Kier molecular flexibility index (Phi) is 6.92. The molecular formula is C25H17F5N5O3PS. The van der Waals surface area contributed by atoms with Crippen molar-refractivity contribution in [3.05, 3.63) is 83.9 Å². The van der Waals surface area contributed by atoms with Crippen molar-refractivity contribution in [2.75, 3.05) is 18.6 Å². The van der Waals surface area contributed by atoms with Crippen LogP contribution in [-0.4, -0.2) is 39.0 Å². The third kappa shape index (κ3) is 5.45. The van der Waals surface area contributed by atoms with E-state index in [0.29, 0.717) is 19.5 Å². The number of anilines is 1. The van der Waals surface area contributed by atoms with E-state index in [4.69, 9.17) is 4.74 Å². The van der Waals surface area contributed by atoms with Gasteiger partial charge in [0.2, 0.25) is 5.88 Å². The lowest BCUT2D eigenvalue weighted by atomic mass is 10.2. The van der Waals surface area contributed by atoms with Crippen molar-refractivity contribution in [2.24, 2.45) is 0 Å². The lowest BCUT2D eigenvalue weighted by Gasteiger charge is -2.13. The zero-order valence-electron chi connectivity index (χ0n) is 20.5. The van der Waals surface area contributed by atoms with E-state index in [1.807, 2.05) is 0 Å². The molecule has 206 valence electrons. The average molecular weight is 593 g/mol. The van der Waals surface area contributed by atoms with Crippen LogP contribution in [0.1, 0.15) is 16.1 Å². The normalized spacial score (nSPS) is 12.1. The Labute approximate surface area is 226 Å². The number of ether oxygens (including phenoxy) is 1. The van der Waals surface area contributed by atoms with Crippen LogP contribution in [0, 0.1) is 11.6 Å². The van der Waals surface area contributed by atoms with Gasteiger partial charge in [-0.3, -0.25) is 4.79 Å². The molecule has 0 atom stereocenters. The fourth-order valence-electron chi connectivity index (χ4n) is 3.69. The molecule has 0 bridgehead atoms. The van der Waals surface area contributed by atoms with Gasteiger partial charge in [0.15, 0.2) is 17.3 Å². The minimum Gasteiger partial charge on any atom is -0.434 e. The van der Waals surface area contributed by atoms with E-state index in [-0.39, 0.29) is 23.0 Å². The van der Waals surface area contributed by atoms with Crippen LogP contribution >= 0.6 is 18.5 Å². The summed E-state index contributed by atoms with van der Waals surface area (Å²) < 4.78 is 89.4. The van der Waals surface area contributed by atoms with Crippen molar-refractivity contribution >= 4 is 44.9 Å². The van der Waals surface area contributed by atoms with Gasteiger partial charge in [-0.2, -0.15) is 18.3 Å². The summed E-state index contributed by atoms with van der Waals surface area (Å²) in [5, 5.41) is 5.88. The molecule has 5 aromatic rings. The Morgan fingerprint density at radius 2 is 1.77 bits per heavy atom. The molecule has 15 heteroatoms. The molecule has 0 aliphatic heterocycles. The number of nitrogens with one attached hydrogen (secondary N) is 1. The Morgan fingerprint density at radius 1 is 1.05 bits per heavy atom. The highest BCUT2D eigenvalue weighted by molar-refractivity contribution is 7.76. The van der Waals surface area contributed by atoms with Gasteiger partial charge >= 0.3 is 6.18 Å². The summed E-state index contributed by atoms with van der Waals surface area (Å²) in [6.45, 7) is 3.20. The van der Waals surface area contributed by atoms with E-state index in [1.165, 1.54) is 18.5 Å². The zero-order chi connectivity index (χ0) is 28.8. The molecule has 0 aliphatic rings. The topological polar surface area (TPSA) is 99.0 Å². The van der Waals surface area contributed by atoms with Gasteiger partial charge in [0.05, 0.1) is 27.6 Å². The molecule has 0 saturated heterocycles. The molecule has 1 N–H and O–H groups in total. The van der Waals surface area contributed by atoms with Gasteiger partial charge in [0, 0.05) is 11.8 Å². The highest BCUT2D eigenvalue weighted by atomic mass is 32.1. The predicted molar refractivity (Wildman–Crippen MR) is 139 cm³/mol. The minimum absolute atomic E-state index is 0.0217. The van der Waals surface area contributed by atoms with E-state index in [9.17, 15) is 31.3 Å². The SMILES string of the molecule is CP(C)(=O)c1cc2ncnc(Oc3ccc(NC(=O)c4cnn(-c5ccc(F)cc5)c4C(F)(F)F)cc3F)c2s1. The Morgan fingerprint density at radius 3 is 2.42 bits per heavy atom. The number of halogens is 5. The number of aromatic nitrogens is 4. The molecule has 0 fully saturated rings. The first-order valence-corrected chi connectivity index (χ1v) is 14.7. The van der Waals surface area contributed by atoms with Crippen LogP contribution in [0.3, 0.4) is 0 Å². The second-order valence-electron chi connectivity index (χ2n) is 8.82. The molecule has 0 radical (unpaired) electrons. The number of benzene rings is 2. The van der Waals surface area contributed by atoms with Crippen LogP contribution in [0.25, 0.3) is 15.9 Å². The first kappa shape index (κ1) is 27.4. The smallest absolute Gasteiger partial charge is 0.434 e. The first-order valence-electron chi connectivity index (χ1n) is 11.3.